The fourth-order valence-electron chi connectivity index (χ4n) is 2.48. The van der Waals surface area contributed by atoms with Crippen molar-refractivity contribution in [3.8, 4) is 11.5 Å². The first-order valence-electron chi connectivity index (χ1n) is 8.56. The number of halogens is 3. The number of phenols is 1. The van der Waals surface area contributed by atoms with Crippen molar-refractivity contribution in [1.82, 2.24) is 0 Å². The highest BCUT2D eigenvalue weighted by molar-refractivity contribution is 6.04. The zero-order chi connectivity index (χ0) is 21.0. The normalized spacial score (nSPS) is 10.5. The molecule has 0 saturated heterocycles. The molecule has 0 bridgehead atoms. The van der Waals surface area contributed by atoms with Crippen LogP contribution in [0.5, 0.6) is 11.5 Å². The van der Waals surface area contributed by atoms with Crippen molar-refractivity contribution >= 4 is 17.3 Å². The molecular formula is C21H17F3N2O3. The Hall–Kier alpha value is -3.68. The maximum atomic E-state index is 13.3. The topological polar surface area (TPSA) is 70.6 Å². The van der Waals surface area contributed by atoms with E-state index in [9.17, 15) is 23.1 Å². The van der Waals surface area contributed by atoms with Gasteiger partial charge in [0.15, 0.2) is 24.2 Å². The van der Waals surface area contributed by atoms with Crippen LogP contribution in [0.4, 0.5) is 24.5 Å². The first-order valence-corrected chi connectivity index (χ1v) is 8.56. The first-order chi connectivity index (χ1) is 13.8. The van der Waals surface area contributed by atoms with Crippen LogP contribution in [0.2, 0.25) is 0 Å². The number of hydrogen-bond acceptors (Lipinski definition) is 4. The molecule has 0 spiro atoms. The number of hydrogen-bond donors (Lipinski definition) is 3. The summed E-state index contributed by atoms with van der Waals surface area (Å²) in [6.07, 6.45) is 0. The lowest BCUT2D eigenvalue weighted by atomic mass is 10.2. The molecule has 29 heavy (non-hydrogen) atoms. The van der Waals surface area contributed by atoms with Gasteiger partial charge in [-0.15, -0.1) is 0 Å². The summed E-state index contributed by atoms with van der Waals surface area (Å²) in [5.41, 5.74) is 1.25. The van der Waals surface area contributed by atoms with E-state index in [2.05, 4.69) is 10.6 Å². The SMILES string of the molecule is Cc1ccc(OCNc2ccc(NC(=O)c3cc(F)c(F)c(F)c3)cc2O)cc1. The molecule has 0 radical (unpaired) electrons. The highest BCUT2D eigenvalue weighted by Gasteiger charge is 2.15. The van der Waals surface area contributed by atoms with Crippen LogP contribution in [-0.4, -0.2) is 17.7 Å². The molecule has 0 aliphatic heterocycles. The number of amides is 1. The van der Waals surface area contributed by atoms with Gasteiger partial charge in [-0.3, -0.25) is 4.79 Å². The first kappa shape index (κ1) is 20.1. The molecule has 0 aromatic heterocycles. The summed E-state index contributed by atoms with van der Waals surface area (Å²) in [5, 5.41) is 15.4. The van der Waals surface area contributed by atoms with E-state index in [1.165, 1.54) is 18.2 Å². The Balaban J connectivity index is 1.61. The number of phenolic OH excluding ortho intramolecular Hbond substituents is 1. The van der Waals surface area contributed by atoms with Gasteiger partial charge in [0.05, 0.1) is 5.69 Å². The minimum absolute atomic E-state index is 0.0937. The van der Waals surface area contributed by atoms with Crippen molar-refractivity contribution in [2.75, 3.05) is 17.4 Å². The quantitative estimate of drug-likeness (QED) is 0.314. The summed E-state index contributed by atoms with van der Waals surface area (Å²) in [6.45, 7) is 2.06. The molecule has 150 valence electrons. The molecule has 5 nitrogen and oxygen atoms in total. The van der Waals surface area contributed by atoms with E-state index in [0.717, 1.165) is 5.56 Å². The van der Waals surface area contributed by atoms with Crippen LogP contribution in [0.15, 0.2) is 54.6 Å². The second-order valence-electron chi connectivity index (χ2n) is 6.22. The molecular weight excluding hydrogens is 385 g/mol. The molecule has 0 aliphatic carbocycles. The second-order valence-corrected chi connectivity index (χ2v) is 6.22. The number of anilines is 2. The highest BCUT2D eigenvalue weighted by atomic mass is 19.2. The Morgan fingerprint density at radius 2 is 1.66 bits per heavy atom. The third kappa shape index (κ3) is 4.98. The molecule has 0 heterocycles. The molecule has 3 aromatic rings. The largest absolute Gasteiger partial charge is 0.506 e. The fourth-order valence-corrected chi connectivity index (χ4v) is 2.48. The van der Waals surface area contributed by atoms with Crippen molar-refractivity contribution in [2.45, 2.75) is 6.92 Å². The van der Waals surface area contributed by atoms with Crippen LogP contribution in [0.1, 0.15) is 15.9 Å². The maximum Gasteiger partial charge on any atom is 0.255 e. The Morgan fingerprint density at radius 3 is 2.28 bits per heavy atom. The maximum absolute atomic E-state index is 13.3. The monoisotopic (exact) mass is 402 g/mol. The molecule has 3 N–H and O–H groups in total. The van der Waals surface area contributed by atoms with Crippen LogP contribution in [0, 0.1) is 24.4 Å². The standard InChI is InChI=1S/C21H17F3N2O3/c1-12-2-5-15(6-3-12)29-11-25-18-7-4-14(10-19(18)27)26-21(28)13-8-16(22)20(24)17(23)9-13/h2-10,25,27H,11H2,1H3,(H,26,28). The Morgan fingerprint density at radius 1 is 1.00 bits per heavy atom. The fraction of sp³-hybridized carbons (Fsp3) is 0.0952. The Labute approximate surface area is 164 Å². The van der Waals surface area contributed by atoms with Gasteiger partial charge in [0.1, 0.15) is 11.5 Å². The number of carbonyl (C=O) groups excluding carboxylic acids is 1. The predicted octanol–water partition coefficient (Wildman–Crippen LogP) is 4.82. The van der Waals surface area contributed by atoms with E-state index in [1.54, 1.807) is 0 Å². The van der Waals surface area contributed by atoms with E-state index in [1.807, 2.05) is 31.2 Å². The lowest BCUT2D eigenvalue weighted by Crippen LogP contribution is -2.13. The van der Waals surface area contributed by atoms with E-state index < -0.39 is 28.9 Å². The minimum atomic E-state index is -1.65. The number of benzene rings is 3. The minimum Gasteiger partial charge on any atom is -0.506 e. The van der Waals surface area contributed by atoms with E-state index in [0.29, 0.717) is 23.6 Å². The number of aryl methyl sites for hydroxylation is 1. The zero-order valence-electron chi connectivity index (χ0n) is 15.3. The summed E-state index contributed by atoms with van der Waals surface area (Å²) >= 11 is 0. The van der Waals surface area contributed by atoms with Gasteiger partial charge >= 0.3 is 0 Å². The van der Waals surface area contributed by atoms with Crippen molar-refractivity contribution < 1.29 is 27.8 Å². The third-order valence-electron chi connectivity index (χ3n) is 4.02. The van der Waals surface area contributed by atoms with Crippen LogP contribution in [-0.2, 0) is 0 Å². The average Bonchev–Trinajstić information content (AvgIpc) is 2.69. The summed E-state index contributed by atoms with van der Waals surface area (Å²) in [5.74, 6) is -4.96. The summed E-state index contributed by atoms with van der Waals surface area (Å²) in [4.78, 5) is 12.1. The van der Waals surface area contributed by atoms with Gasteiger partial charge in [-0.2, -0.15) is 0 Å². The average molecular weight is 402 g/mol. The number of aromatic hydroxyl groups is 1. The smallest absolute Gasteiger partial charge is 0.255 e. The predicted molar refractivity (Wildman–Crippen MR) is 103 cm³/mol. The molecule has 3 aromatic carbocycles. The van der Waals surface area contributed by atoms with Gasteiger partial charge < -0.3 is 20.5 Å². The van der Waals surface area contributed by atoms with Crippen LogP contribution in [0.25, 0.3) is 0 Å². The molecule has 3 rings (SSSR count). The Bertz CT molecular complexity index is 1020. The number of rotatable bonds is 6. The Kier molecular flexibility index (Phi) is 5.92. The van der Waals surface area contributed by atoms with Crippen molar-refractivity contribution in [1.29, 1.82) is 0 Å². The van der Waals surface area contributed by atoms with Crippen molar-refractivity contribution in [3.05, 3.63) is 83.2 Å². The molecule has 1 amide bonds. The third-order valence-corrected chi connectivity index (χ3v) is 4.02. The molecule has 0 saturated carbocycles. The van der Waals surface area contributed by atoms with E-state index >= 15 is 0 Å². The second kappa shape index (κ2) is 8.55. The summed E-state index contributed by atoms with van der Waals surface area (Å²) in [6, 6.07) is 12.8. The van der Waals surface area contributed by atoms with Crippen LogP contribution < -0.4 is 15.4 Å². The van der Waals surface area contributed by atoms with Gasteiger partial charge in [-0.1, -0.05) is 17.7 Å². The molecule has 0 unspecified atom stereocenters. The number of ether oxygens (including phenoxy) is 1. The molecule has 0 atom stereocenters. The van der Waals surface area contributed by atoms with Crippen molar-refractivity contribution in [2.24, 2.45) is 0 Å². The van der Waals surface area contributed by atoms with Gasteiger partial charge in [0.25, 0.3) is 5.91 Å². The van der Waals surface area contributed by atoms with Crippen LogP contribution in [0.3, 0.4) is 0 Å². The van der Waals surface area contributed by atoms with Gasteiger partial charge in [-0.25, -0.2) is 13.2 Å². The van der Waals surface area contributed by atoms with Gasteiger partial charge in [0.2, 0.25) is 0 Å². The number of carbonyl (C=O) groups is 1. The summed E-state index contributed by atoms with van der Waals surface area (Å²) in [7, 11) is 0. The molecule has 8 heteroatoms. The lowest BCUT2D eigenvalue weighted by molar-refractivity contribution is 0.102. The molecule has 0 fully saturated rings. The van der Waals surface area contributed by atoms with E-state index in [-0.39, 0.29) is 18.2 Å². The highest BCUT2D eigenvalue weighted by Crippen LogP contribution is 2.27. The van der Waals surface area contributed by atoms with Gasteiger partial charge in [-0.05, 0) is 43.3 Å². The van der Waals surface area contributed by atoms with Gasteiger partial charge in [0, 0.05) is 17.3 Å². The molecule has 0 aliphatic rings. The number of nitrogens with one attached hydrogen (secondary N) is 2. The zero-order valence-corrected chi connectivity index (χ0v) is 15.3. The van der Waals surface area contributed by atoms with Crippen molar-refractivity contribution in [3.63, 3.8) is 0 Å². The summed E-state index contributed by atoms with van der Waals surface area (Å²) < 4.78 is 45.0. The van der Waals surface area contributed by atoms with Crippen LogP contribution >= 0.6 is 0 Å². The van der Waals surface area contributed by atoms with E-state index in [4.69, 9.17) is 4.74 Å². The lowest BCUT2D eigenvalue weighted by Gasteiger charge is -2.12.